The number of nitrogens with two attached hydrogens (primary N) is 1. The molecule has 1 aliphatic rings. The number of amides is 3. The minimum atomic E-state index is -0.789. The van der Waals surface area contributed by atoms with Crippen LogP contribution in [0, 0.1) is 5.92 Å². The number of pyridine rings is 1. The first-order valence-electron chi connectivity index (χ1n) is 9.41. The summed E-state index contributed by atoms with van der Waals surface area (Å²) < 4.78 is 4.98. The molecule has 2 unspecified atom stereocenters. The van der Waals surface area contributed by atoms with Crippen LogP contribution in [-0.2, 0) is 9.59 Å². The summed E-state index contributed by atoms with van der Waals surface area (Å²) in [5.41, 5.74) is 6.53. The van der Waals surface area contributed by atoms with Crippen molar-refractivity contribution in [3.8, 4) is 5.88 Å². The highest BCUT2D eigenvalue weighted by Gasteiger charge is 2.34. The molecule has 1 saturated heterocycles. The minimum Gasteiger partial charge on any atom is -0.480 e. The molecule has 1 aliphatic heterocycles. The lowest BCUT2D eigenvalue weighted by Crippen LogP contribution is -2.46. The number of nitrogens with zero attached hydrogens (tertiary/aromatic N) is 2. The second-order valence-electron chi connectivity index (χ2n) is 7.17. The molecule has 0 bridgehead atoms. The summed E-state index contributed by atoms with van der Waals surface area (Å²) in [4.78, 5) is 42.7. The summed E-state index contributed by atoms with van der Waals surface area (Å²) in [6, 6.07) is 10.9. The van der Waals surface area contributed by atoms with Crippen LogP contribution in [0.1, 0.15) is 41.7 Å². The van der Waals surface area contributed by atoms with Gasteiger partial charge in [-0.2, -0.15) is 0 Å². The summed E-state index contributed by atoms with van der Waals surface area (Å²) in [7, 11) is 1.36. The molecule has 3 N–H and O–H groups in total. The van der Waals surface area contributed by atoms with Gasteiger partial charge >= 0.3 is 11.8 Å². The van der Waals surface area contributed by atoms with Crippen LogP contribution in [-0.4, -0.2) is 41.3 Å². The molecule has 8 heteroatoms. The van der Waals surface area contributed by atoms with Crippen LogP contribution in [0.5, 0.6) is 5.88 Å². The fourth-order valence-corrected chi connectivity index (χ4v) is 3.57. The molecule has 29 heavy (non-hydrogen) atoms. The second-order valence-corrected chi connectivity index (χ2v) is 7.17. The van der Waals surface area contributed by atoms with Gasteiger partial charge in [0.15, 0.2) is 0 Å². The zero-order valence-electron chi connectivity index (χ0n) is 16.4. The van der Waals surface area contributed by atoms with Crippen LogP contribution in [0.4, 0.5) is 5.69 Å². The predicted octanol–water partition coefficient (Wildman–Crippen LogP) is 2.13. The fourth-order valence-electron chi connectivity index (χ4n) is 3.57. The number of ether oxygens (including phenoxy) is 1. The molecule has 0 spiro atoms. The van der Waals surface area contributed by atoms with E-state index < -0.39 is 17.7 Å². The maximum Gasteiger partial charge on any atom is 0.313 e. The Bertz CT molecular complexity index is 916. The summed E-state index contributed by atoms with van der Waals surface area (Å²) in [5.74, 6) is -1.80. The lowest BCUT2D eigenvalue weighted by atomic mass is 9.90. The number of rotatable bonds is 4. The Kier molecular flexibility index (Phi) is 6.11. The number of carbonyl (C=O) groups excluding carboxylic acids is 3. The Hall–Kier alpha value is -3.42. The number of benzene rings is 1. The van der Waals surface area contributed by atoms with E-state index in [-0.39, 0.29) is 23.2 Å². The van der Waals surface area contributed by atoms with Crippen molar-refractivity contribution in [3.63, 3.8) is 0 Å². The minimum absolute atomic E-state index is 0.0199. The molecule has 2 atom stereocenters. The zero-order chi connectivity index (χ0) is 21.0. The van der Waals surface area contributed by atoms with E-state index in [1.165, 1.54) is 19.4 Å². The molecular weight excluding hydrogens is 372 g/mol. The molecule has 1 aromatic heterocycles. The molecule has 152 valence electrons. The Balaban J connectivity index is 1.80. The summed E-state index contributed by atoms with van der Waals surface area (Å²) >= 11 is 0. The second kappa shape index (κ2) is 8.72. The van der Waals surface area contributed by atoms with Crippen molar-refractivity contribution in [3.05, 3.63) is 53.7 Å². The molecule has 0 saturated carbocycles. The standard InChI is InChI=1S/C21H24N4O4/c1-13-8-9-17(14-6-4-3-5-7-14)25(12-13)21(28)19(27)24-15-10-16(18(22)26)20(29-2)23-11-15/h3-7,10-11,13,17H,8-9,12H2,1-2H3,(H2,22,26)(H,24,27). The van der Waals surface area contributed by atoms with Gasteiger partial charge in [-0.3, -0.25) is 14.4 Å². The van der Waals surface area contributed by atoms with E-state index in [2.05, 4.69) is 17.2 Å². The molecule has 2 heterocycles. The smallest absolute Gasteiger partial charge is 0.313 e. The third kappa shape index (κ3) is 4.53. The van der Waals surface area contributed by atoms with Crippen molar-refractivity contribution in [2.24, 2.45) is 11.7 Å². The molecular formula is C21H24N4O4. The van der Waals surface area contributed by atoms with Gasteiger partial charge in [-0.25, -0.2) is 4.98 Å². The van der Waals surface area contributed by atoms with Gasteiger partial charge in [0.05, 0.1) is 25.0 Å². The van der Waals surface area contributed by atoms with E-state index >= 15 is 0 Å². The van der Waals surface area contributed by atoms with Gasteiger partial charge < -0.3 is 20.7 Å². The number of nitrogens with one attached hydrogen (secondary N) is 1. The highest BCUT2D eigenvalue weighted by Crippen LogP contribution is 2.33. The summed E-state index contributed by atoms with van der Waals surface area (Å²) in [5, 5.41) is 2.52. The SMILES string of the molecule is COc1ncc(NC(=O)C(=O)N2CC(C)CCC2c2ccccc2)cc1C(N)=O. The molecule has 1 fully saturated rings. The maximum atomic E-state index is 13.0. The van der Waals surface area contributed by atoms with E-state index in [1.54, 1.807) is 4.90 Å². The Labute approximate surface area is 169 Å². The first-order chi connectivity index (χ1) is 13.9. The number of piperidine rings is 1. The van der Waals surface area contributed by atoms with Gasteiger partial charge in [0.1, 0.15) is 5.56 Å². The number of methoxy groups -OCH3 is 1. The average Bonchev–Trinajstić information content (AvgIpc) is 2.73. The number of carbonyl (C=O) groups is 3. The van der Waals surface area contributed by atoms with E-state index in [9.17, 15) is 14.4 Å². The monoisotopic (exact) mass is 396 g/mol. The van der Waals surface area contributed by atoms with E-state index in [0.717, 1.165) is 18.4 Å². The van der Waals surface area contributed by atoms with Gasteiger partial charge in [0.2, 0.25) is 5.88 Å². The number of hydrogen-bond donors (Lipinski definition) is 2. The number of primary amides is 1. The van der Waals surface area contributed by atoms with E-state index in [4.69, 9.17) is 10.5 Å². The topological polar surface area (TPSA) is 115 Å². The van der Waals surface area contributed by atoms with E-state index in [0.29, 0.717) is 12.5 Å². The van der Waals surface area contributed by atoms with Crippen LogP contribution in [0.15, 0.2) is 42.6 Å². The summed E-state index contributed by atoms with van der Waals surface area (Å²) in [6.45, 7) is 2.56. The molecule has 1 aromatic carbocycles. The van der Waals surface area contributed by atoms with E-state index in [1.807, 2.05) is 30.3 Å². The Morgan fingerprint density at radius 2 is 1.93 bits per heavy atom. The summed E-state index contributed by atoms with van der Waals surface area (Å²) in [6.07, 6.45) is 3.08. The first kappa shape index (κ1) is 20.3. The van der Waals surface area contributed by atoms with Crippen LogP contribution >= 0.6 is 0 Å². The van der Waals surface area contributed by atoms with Gasteiger partial charge in [-0.15, -0.1) is 0 Å². The number of likely N-dealkylation sites (tertiary alicyclic amines) is 1. The number of hydrogen-bond acceptors (Lipinski definition) is 5. The Morgan fingerprint density at radius 1 is 1.21 bits per heavy atom. The van der Waals surface area contributed by atoms with Crippen molar-refractivity contribution in [1.29, 1.82) is 0 Å². The van der Waals surface area contributed by atoms with Gasteiger partial charge in [0, 0.05) is 6.54 Å². The predicted molar refractivity (Wildman–Crippen MR) is 107 cm³/mol. The molecule has 2 aromatic rings. The van der Waals surface area contributed by atoms with Crippen LogP contribution in [0.2, 0.25) is 0 Å². The van der Waals surface area contributed by atoms with Gasteiger partial charge in [-0.1, -0.05) is 37.3 Å². The quantitative estimate of drug-likeness (QED) is 0.769. The Morgan fingerprint density at radius 3 is 2.59 bits per heavy atom. The molecule has 3 amide bonds. The highest BCUT2D eigenvalue weighted by atomic mass is 16.5. The largest absolute Gasteiger partial charge is 0.480 e. The van der Waals surface area contributed by atoms with Gasteiger partial charge in [-0.05, 0) is 30.4 Å². The third-order valence-corrected chi connectivity index (χ3v) is 5.02. The lowest BCUT2D eigenvalue weighted by molar-refractivity contribution is -0.146. The van der Waals surface area contributed by atoms with Crippen molar-refractivity contribution < 1.29 is 19.1 Å². The maximum absolute atomic E-state index is 13.0. The normalized spacial score (nSPS) is 18.8. The first-order valence-corrected chi connectivity index (χ1v) is 9.41. The lowest BCUT2D eigenvalue weighted by Gasteiger charge is -2.38. The van der Waals surface area contributed by atoms with Crippen LogP contribution in [0.3, 0.4) is 0 Å². The third-order valence-electron chi connectivity index (χ3n) is 5.02. The van der Waals surface area contributed by atoms with Gasteiger partial charge in [0.25, 0.3) is 5.91 Å². The molecule has 0 radical (unpaired) electrons. The fraction of sp³-hybridized carbons (Fsp3) is 0.333. The molecule has 8 nitrogen and oxygen atoms in total. The zero-order valence-corrected chi connectivity index (χ0v) is 16.4. The number of anilines is 1. The average molecular weight is 396 g/mol. The van der Waals surface area contributed by atoms with Crippen molar-refractivity contribution in [1.82, 2.24) is 9.88 Å². The number of aromatic nitrogens is 1. The van der Waals surface area contributed by atoms with Crippen molar-refractivity contribution in [2.45, 2.75) is 25.8 Å². The van der Waals surface area contributed by atoms with Crippen LogP contribution in [0.25, 0.3) is 0 Å². The highest BCUT2D eigenvalue weighted by molar-refractivity contribution is 6.39. The molecule has 0 aliphatic carbocycles. The van der Waals surface area contributed by atoms with Crippen molar-refractivity contribution in [2.75, 3.05) is 19.0 Å². The molecule has 3 rings (SSSR count). The van der Waals surface area contributed by atoms with Crippen LogP contribution < -0.4 is 15.8 Å². The van der Waals surface area contributed by atoms with Crippen molar-refractivity contribution >= 4 is 23.4 Å².